The van der Waals surface area contributed by atoms with Crippen molar-refractivity contribution in [3.8, 4) is 0 Å². The molecule has 5 heteroatoms. The standard InChI is InChI=1S/C23H33BrN2OS/c1-2-3-4-5-6-7-8-9-10-11-12-13-14-15-16-17-18-19-22(27)26-23-25-21(24)20-28-23/h6-7,9-10,12-13,15-16,20H,2-5,8,11,14,17-19H2,1H3,(H,25,26,27)/b7-6-,10-9-,13-12-,16-15-. The number of halogens is 1. The molecule has 0 aliphatic rings. The van der Waals surface area contributed by atoms with Gasteiger partial charge in [0, 0.05) is 11.8 Å². The third kappa shape index (κ3) is 14.6. The molecule has 0 aliphatic heterocycles. The van der Waals surface area contributed by atoms with E-state index in [1.54, 1.807) is 0 Å². The lowest BCUT2D eigenvalue weighted by Crippen LogP contribution is -2.10. The van der Waals surface area contributed by atoms with Gasteiger partial charge in [-0.25, -0.2) is 4.98 Å². The fraction of sp³-hybridized carbons (Fsp3) is 0.478. The second-order valence-corrected chi connectivity index (χ2v) is 8.17. The fourth-order valence-corrected chi connectivity index (χ4v) is 3.60. The predicted molar refractivity (Wildman–Crippen MR) is 127 cm³/mol. The summed E-state index contributed by atoms with van der Waals surface area (Å²) in [5.74, 6) is 0.0257. The minimum Gasteiger partial charge on any atom is -0.302 e. The molecule has 0 atom stereocenters. The minimum atomic E-state index is 0.0257. The summed E-state index contributed by atoms with van der Waals surface area (Å²) in [7, 11) is 0. The highest BCUT2D eigenvalue weighted by Gasteiger charge is 2.04. The van der Waals surface area contributed by atoms with Crippen molar-refractivity contribution in [1.29, 1.82) is 0 Å². The molecule has 0 unspecified atom stereocenters. The molecule has 1 rings (SSSR count). The van der Waals surface area contributed by atoms with Gasteiger partial charge in [-0.3, -0.25) is 4.79 Å². The Morgan fingerprint density at radius 1 is 0.964 bits per heavy atom. The zero-order valence-corrected chi connectivity index (χ0v) is 19.3. The van der Waals surface area contributed by atoms with Gasteiger partial charge < -0.3 is 5.32 Å². The Bertz CT molecular complexity index is 647. The fourth-order valence-electron chi connectivity index (χ4n) is 2.43. The second kappa shape index (κ2) is 17.6. The molecule has 0 radical (unpaired) electrons. The smallest absolute Gasteiger partial charge is 0.226 e. The van der Waals surface area contributed by atoms with Crippen LogP contribution in [-0.2, 0) is 4.79 Å². The summed E-state index contributed by atoms with van der Waals surface area (Å²) in [5, 5.41) is 5.31. The number of nitrogens with one attached hydrogen (secondary N) is 1. The first kappa shape index (κ1) is 24.6. The van der Waals surface area contributed by atoms with Gasteiger partial charge in [0.1, 0.15) is 4.60 Å². The van der Waals surface area contributed by atoms with Crippen LogP contribution in [0, 0.1) is 0 Å². The number of rotatable bonds is 15. The van der Waals surface area contributed by atoms with Gasteiger partial charge in [-0.1, -0.05) is 68.4 Å². The van der Waals surface area contributed by atoms with Crippen molar-refractivity contribution < 1.29 is 4.79 Å². The highest BCUT2D eigenvalue weighted by molar-refractivity contribution is 9.10. The molecule has 1 aromatic rings. The first-order chi connectivity index (χ1) is 13.7. The average Bonchev–Trinajstić information content (AvgIpc) is 3.08. The molecular weight excluding hydrogens is 432 g/mol. The molecule has 28 heavy (non-hydrogen) atoms. The molecule has 154 valence electrons. The van der Waals surface area contributed by atoms with Gasteiger partial charge in [-0.15, -0.1) is 11.3 Å². The number of unbranched alkanes of at least 4 members (excludes halogenated alkanes) is 4. The van der Waals surface area contributed by atoms with E-state index in [9.17, 15) is 4.79 Å². The number of allylic oxidation sites excluding steroid dienone is 8. The van der Waals surface area contributed by atoms with Gasteiger partial charge in [0.2, 0.25) is 5.91 Å². The SMILES string of the molecule is CCCCC/C=C\C/C=C\C/C=C\C/C=C\CCCC(=O)Nc1nc(Br)cs1. The quantitative estimate of drug-likeness (QED) is 0.211. The monoisotopic (exact) mass is 464 g/mol. The van der Waals surface area contributed by atoms with Crippen LogP contribution in [0.5, 0.6) is 0 Å². The van der Waals surface area contributed by atoms with Crippen LogP contribution in [0.25, 0.3) is 0 Å². The summed E-state index contributed by atoms with van der Waals surface area (Å²) in [5.41, 5.74) is 0. The van der Waals surface area contributed by atoms with Crippen LogP contribution in [0.3, 0.4) is 0 Å². The second-order valence-electron chi connectivity index (χ2n) is 6.50. The molecule has 0 aromatic carbocycles. The Morgan fingerprint density at radius 2 is 1.54 bits per heavy atom. The third-order valence-electron chi connectivity index (χ3n) is 3.95. The van der Waals surface area contributed by atoms with E-state index in [4.69, 9.17) is 0 Å². The molecule has 1 N–H and O–H groups in total. The number of hydrogen-bond donors (Lipinski definition) is 1. The summed E-state index contributed by atoms with van der Waals surface area (Å²) in [6, 6.07) is 0. The van der Waals surface area contributed by atoms with Crippen molar-refractivity contribution in [2.75, 3.05) is 5.32 Å². The summed E-state index contributed by atoms with van der Waals surface area (Å²) in [6.45, 7) is 2.24. The molecular formula is C23H33BrN2OS. The van der Waals surface area contributed by atoms with Crippen molar-refractivity contribution in [2.24, 2.45) is 0 Å². The summed E-state index contributed by atoms with van der Waals surface area (Å²) in [4.78, 5) is 15.9. The molecule has 0 bridgehead atoms. The lowest BCUT2D eigenvalue weighted by molar-refractivity contribution is -0.116. The van der Waals surface area contributed by atoms with Crippen molar-refractivity contribution in [3.63, 3.8) is 0 Å². The van der Waals surface area contributed by atoms with E-state index < -0.39 is 0 Å². The van der Waals surface area contributed by atoms with Crippen LogP contribution in [0.2, 0.25) is 0 Å². The maximum atomic E-state index is 11.8. The predicted octanol–water partition coefficient (Wildman–Crippen LogP) is 7.99. The zero-order chi connectivity index (χ0) is 20.3. The summed E-state index contributed by atoms with van der Waals surface area (Å²) in [6.07, 6.45) is 28.1. The normalized spacial score (nSPS) is 12.2. The van der Waals surface area contributed by atoms with Crippen LogP contribution in [0.4, 0.5) is 5.13 Å². The lowest BCUT2D eigenvalue weighted by atomic mass is 10.2. The molecule has 1 aromatic heterocycles. The zero-order valence-electron chi connectivity index (χ0n) is 16.9. The third-order valence-corrected chi connectivity index (χ3v) is 5.42. The largest absolute Gasteiger partial charge is 0.302 e. The molecule has 0 aliphatic carbocycles. The van der Waals surface area contributed by atoms with Crippen LogP contribution in [0.1, 0.15) is 71.1 Å². The molecule has 3 nitrogen and oxygen atoms in total. The first-order valence-corrected chi connectivity index (χ1v) is 11.9. The number of aromatic nitrogens is 1. The molecule has 0 spiro atoms. The molecule has 1 heterocycles. The van der Waals surface area contributed by atoms with Gasteiger partial charge >= 0.3 is 0 Å². The average molecular weight is 466 g/mol. The van der Waals surface area contributed by atoms with Crippen molar-refractivity contribution >= 4 is 38.3 Å². The maximum Gasteiger partial charge on any atom is 0.226 e. The molecule has 0 saturated heterocycles. The van der Waals surface area contributed by atoms with Crippen LogP contribution >= 0.6 is 27.3 Å². The maximum absolute atomic E-state index is 11.8. The Balaban J connectivity index is 1.95. The van der Waals surface area contributed by atoms with E-state index in [0.29, 0.717) is 11.6 Å². The van der Waals surface area contributed by atoms with E-state index >= 15 is 0 Å². The van der Waals surface area contributed by atoms with Crippen molar-refractivity contribution in [2.45, 2.75) is 71.1 Å². The van der Waals surface area contributed by atoms with Crippen LogP contribution in [0.15, 0.2) is 58.6 Å². The Morgan fingerprint density at radius 3 is 2.07 bits per heavy atom. The van der Waals surface area contributed by atoms with Gasteiger partial charge in [-0.2, -0.15) is 0 Å². The van der Waals surface area contributed by atoms with Crippen LogP contribution < -0.4 is 5.32 Å². The number of amides is 1. The Labute approximate surface area is 182 Å². The highest BCUT2D eigenvalue weighted by Crippen LogP contribution is 2.19. The van der Waals surface area contributed by atoms with E-state index in [1.165, 1.54) is 37.0 Å². The number of carbonyl (C=O) groups is 1. The molecule has 0 fully saturated rings. The highest BCUT2D eigenvalue weighted by atomic mass is 79.9. The topological polar surface area (TPSA) is 42.0 Å². The number of hydrogen-bond acceptors (Lipinski definition) is 3. The van der Waals surface area contributed by atoms with Gasteiger partial charge in [0.25, 0.3) is 0 Å². The van der Waals surface area contributed by atoms with E-state index in [2.05, 4.69) is 81.8 Å². The first-order valence-electron chi connectivity index (χ1n) is 10.2. The van der Waals surface area contributed by atoms with E-state index in [-0.39, 0.29) is 5.91 Å². The van der Waals surface area contributed by atoms with Gasteiger partial charge in [0.15, 0.2) is 5.13 Å². The van der Waals surface area contributed by atoms with Crippen molar-refractivity contribution in [3.05, 3.63) is 58.6 Å². The van der Waals surface area contributed by atoms with E-state index in [0.717, 1.165) is 36.7 Å². The number of carbonyl (C=O) groups excluding carboxylic acids is 1. The van der Waals surface area contributed by atoms with Crippen LogP contribution in [-0.4, -0.2) is 10.9 Å². The number of nitrogens with zero attached hydrogens (tertiary/aromatic N) is 1. The number of thiazole rings is 1. The Hall–Kier alpha value is -1.46. The van der Waals surface area contributed by atoms with Gasteiger partial charge in [-0.05, 0) is 60.9 Å². The molecule has 1 amide bonds. The van der Waals surface area contributed by atoms with E-state index in [1.807, 2.05) is 5.38 Å². The summed E-state index contributed by atoms with van der Waals surface area (Å²) >= 11 is 4.70. The number of anilines is 1. The lowest BCUT2D eigenvalue weighted by Gasteiger charge is -1.99. The van der Waals surface area contributed by atoms with Gasteiger partial charge in [0.05, 0.1) is 0 Å². The van der Waals surface area contributed by atoms with Crippen molar-refractivity contribution in [1.82, 2.24) is 4.98 Å². The molecule has 0 saturated carbocycles. The summed E-state index contributed by atoms with van der Waals surface area (Å²) < 4.78 is 0.758. The minimum absolute atomic E-state index is 0.0257. The Kier molecular flexibility index (Phi) is 15.5.